The second kappa shape index (κ2) is 5.26. The van der Waals surface area contributed by atoms with Crippen molar-refractivity contribution in [2.75, 3.05) is 6.54 Å². The number of carboxylic acids is 1. The Balaban J connectivity index is 2.45. The first-order valence-corrected chi connectivity index (χ1v) is 4.74. The van der Waals surface area contributed by atoms with Crippen LogP contribution >= 0.6 is 0 Å². The summed E-state index contributed by atoms with van der Waals surface area (Å²) in [5, 5.41) is 14.7. The molecule has 0 fully saturated rings. The average Bonchev–Trinajstić information content (AvgIpc) is 2.63. The van der Waals surface area contributed by atoms with Gasteiger partial charge in [0.15, 0.2) is 0 Å². The minimum Gasteiger partial charge on any atom is -0.481 e. The van der Waals surface area contributed by atoms with Crippen molar-refractivity contribution in [1.29, 1.82) is 0 Å². The molecule has 0 saturated carbocycles. The molecule has 0 spiro atoms. The van der Waals surface area contributed by atoms with Gasteiger partial charge in [0.2, 0.25) is 5.91 Å². The standard InChI is InChI=1S/C9H14N4O3/c1-13-5-6(4-12-13)8(10)9(16)11-3-2-7(14)15/h4-5,8H,2-3,10H2,1H3,(H,11,16)(H,14,15). The third-order valence-electron chi connectivity index (χ3n) is 2.00. The average molecular weight is 226 g/mol. The van der Waals surface area contributed by atoms with Gasteiger partial charge in [-0.05, 0) is 0 Å². The highest BCUT2D eigenvalue weighted by atomic mass is 16.4. The van der Waals surface area contributed by atoms with Gasteiger partial charge in [0.25, 0.3) is 0 Å². The predicted octanol–water partition coefficient (Wildman–Crippen LogP) is -0.989. The topological polar surface area (TPSA) is 110 Å². The van der Waals surface area contributed by atoms with Gasteiger partial charge in [-0.1, -0.05) is 0 Å². The van der Waals surface area contributed by atoms with Crippen LogP contribution in [0.5, 0.6) is 0 Å². The second-order valence-corrected chi connectivity index (χ2v) is 3.36. The van der Waals surface area contributed by atoms with E-state index in [1.165, 1.54) is 6.20 Å². The summed E-state index contributed by atoms with van der Waals surface area (Å²) < 4.78 is 1.54. The summed E-state index contributed by atoms with van der Waals surface area (Å²) in [5.74, 6) is -1.37. The molecule has 16 heavy (non-hydrogen) atoms. The molecule has 0 aliphatic carbocycles. The first-order chi connectivity index (χ1) is 7.50. The van der Waals surface area contributed by atoms with E-state index >= 15 is 0 Å². The zero-order valence-corrected chi connectivity index (χ0v) is 8.88. The molecule has 0 saturated heterocycles. The molecule has 0 aliphatic heterocycles. The molecule has 0 radical (unpaired) electrons. The third-order valence-corrected chi connectivity index (χ3v) is 2.00. The van der Waals surface area contributed by atoms with Crippen LogP contribution in [0.15, 0.2) is 12.4 Å². The summed E-state index contributed by atoms with van der Waals surface area (Å²) in [6.07, 6.45) is 3.02. The molecule has 7 heteroatoms. The van der Waals surface area contributed by atoms with Gasteiger partial charge in [-0.25, -0.2) is 0 Å². The van der Waals surface area contributed by atoms with Crippen molar-refractivity contribution >= 4 is 11.9 Å². The number of carboxylic acid groups (broad SMARTS) is 1. The number of nitrogens with one attached hydrogen (secondary N) is 1. The number of aryl methyl sites for hydroxylation is 1. The van der Waals surface area contributed by atoms with Gasteiger partial charge in [0, 0.05) is 25.4 Å². The van der Waals surface area contributed by atoms with E-state index < -0.39 is 17.9 Å². The number of hydrogen-bond donors (Lipinski definition) is 3. The van der Waals surface area contributed by atoms with Gasteiger partial charge in [0.05, 0.1) is 12.6 Å². The molecule has 1 unspecified atom stereocenters. The summed E-state index contributed by atoms with van der Waals surface area (Å²) in [4.78, 5) is 21.7. The van der Waals surface area contributed by atoms with Crippen LogP contribution in [0.25, 0.3) is 0 Å². The van der Waals surface area contributed by atoms with Crippen LogP contribution in [-0.2, 0) is 16.6 Å². The van der Waals surface area contributed by atoms with Crippen LogP contribution in [-0.4, -0.2) is 33.3 Å². The van der Waals surface area contributed by atoms with Crippen molar-refractivity contribution in [3.63, 3.8) is 0 Å². The molecule has 1 heterocycles. The molecule has 0 bridgehead atoms. The van der Waals surface area contributed by atoms with Gasteiger partial charge < -0.3 is 16.2 Å². The number of amides is 1. The van der Waals surface area contributed by atoms with E-state index in [2.05, 4.69) is 10.4 Å². The lowest BCUT2D eigenvalue weighted by Crippen LogP contribution is -2.35. The lowest BCUT2D eigenvalue weighted by Gasteiger charge is -2.09. The van der Waals surface area contributed by atoms with Crippen LogP contribution in [0.2, 0.25) is 0 Å². The van der Waals surface area contributed by atoms with Crippen molar-refractivity contribution in [3.05, 3.63) is 18.0 Å². The van der Waals surface area contributed by atoms with Gasteiger partial charge in [-0.3, -0.25) is 14.3 Å². The van der Waals surface area contributed by atoms with Crippen LogP contribution in [0.3, 0.4) is 0 Å². The fraction of sp³-hybridized carbons (Fsp3) is 0.444. The zero-order valence-electron chi connectivity index (χ0n) is 8.88. The summed E-state index contributed by atoms with van der Waals surface area (Å²) >= 11 is 0. The van der Waals surface area contributed by atoms with Crippen LogP contribution in [0.4, 0.5) is 0 Å². The van der Waals surface area contributed by atoms with Crippen LogP contribution in [0.1, 0.15) is 18.0 Å². The van der Waals surface area contributed by atoms with Crippen molar-refractivity contribution < 1.29 is 14.7 Å². The summed E-state index contributed by atoms with van der Waals surface area (Å²) in [6.45, 7) is 0.0716. The minimum absolute atomic E-state index is 0.0716. The van der Waals surface area contributed by atoms with E-state index in [9.17, 15) is 9.59 Å². The quantitative estimate of drug-likeness (QED) is 0.597. The number of carbonyl (C=O) groups excluding carboxylic acids is 1. The van der Waals surface area contributed by atoms with E-state index in [1.54, 1.807) is 17.9 Å². The Labute approximate surface area is 92.2 Å². The maximum Gasteiger partial charge on any atom is 0.305 e. The smallest absolute Gasteiger partial charge is 0.305 e. The van der Waals surface area contributed by atoms with E-state index in [0.29, 0.717) is 5.56 Å². The molecule has 1 amide bonds. The van der Waals surface area contributed by atoms with Gasteiger partial charge >= 0.3 is 5.97 Å². The molecule has 1 rings (SSSR count). The zero-order chi connectivity index (χ0) is 12.1. The molecular weight excluding hydrogens is 212 g/mol. The highest BCUT2D eigenvalue weighted by Crippen LogP contribution is 2.07. The van der Waals surface area contributed by atoms with Gasteiger partial charge in [-0.2, -0.15) is 5.10 Å². The summed E-state index contributed by atoms with van der Waals surface area (Å²) in [6, 6.07) is -0.817. The number of carbonyl (C=O) groups is 2. The number of hydrogen-bond acceptors (Lipinski definition) is 4. The molecule has 88 valence electrons. The first-order valence-electron chi connectivity index (χ1n) is 4.74. The third kappa shape index (κ3) is 3.35. The van der Waals surface area contributed by atoms with E-state index in [1.807, 2.05) is 0 Å². The Bertz CT molecular complexity index is 388. The largest absolute Gasteiger partial charge is 0.481 e. The maximum absolute atomic E-state index is 11.5. The van der Waals surface area contributed by atoms with Crippen molar-refractivity contribution in [1.82, 2.24) is 15.1 Å². The monoisotopic (exact) mass is 226 g/mol. The second-order valence-electron chi connectivity index (χ2n) is 3.36. The molecule has 4 N–H and O–H groups in total. The molecular formula is C9H14N4O3. The molecule has 0 aromatic carbocycles. The lowest BCUT2D eigenvalue weighted by molar-refractivity contribution is -0.136. The molecule has 0 aliphatic rings. The van der Waals surface area contributed by atoms with Gasteiger partial charge in [0.1, 0.15) is 6.04 Å². The lowest BCUT2D eigenvalue weighted by atomic mass is 10.1. The van der Waals surface area contributed by atoms with E-state index in [0.717, 1.165) is 0 Å². The van der Waals surface area contributed by atoms with Crippen LogP contribution in [0, 0.1) is 0 Å². The Morgan fingerprint density at radius 3 is 2.88 bits per heavy atom. The van der Waals surface area contributed by atoms with E-state index in [-0.39, 0.29) is 13.0 Å². The fourth-order valence-corrected chi connectivity index (χ4v) is 1.15. The Morgan fingerprint density at radius 1 is 1.69 bits per heavy atom. The highest BCUT2D eigenvalue weighted by Gasteiger charge is 2.16. The summed E-state index contributed by atoms with van der Waals surface area (Å²) in [7, 11) is 1.72. The number of aliphatic carboxylic acids is 1. The molecule has 1 aromatic rings. The minimum atomic E-state index is -0.963. The number of rotatable bonds is 5. The van der Waals surface area contributed by atoms with Crippen molar-refractivity contribution in [2.45, 2.75) is 12.5 Å². The molecule has 1 aromatic heterocycles. The SMILES string of the molecule is Cn1cc(C(N)C(=O)NCCC(=O)O)cn1. The number of nitrogens with zero attached hydrogens (tertiary/aromatic N) is 2. The van der Waals surface area contributed by atoms with E-state index in [4.69, 9.17) is 10.8 Å². The predicted molar refractivity (Wildman–Crippen MR) is 55.4 cm³/mol. The Morgan fingerprint density at radius 2 is 2.38 bits per heavy atom. The Hall–Kier alpha value is -1.89. The summed E-state index contributed by atoms with van der Waals surface area (Å²) in [5.41, 5.74) is 6.25. The van der Waals surface area contributed by atoms with Crippen molar-refractivity contribution in [2.24, 2.45) is 12.8 Å². The van der Waals surface area contributed by atoms with Gasteiger partial charge in [-0.15, -0.1) is 0 Å². The van der Waals surface area contributed by atoms with Crippen molar-refractivity contribution in [3.8, 4) is 0 Å². The first kappa shape index (κ1) is 12.2. The fourth-order valence-electron chi connectivity index (χ4n) is 1.15. The molecule has 7 nitrogen and oxygen atoms in total. The number of aromatic nitrogens is 2. The molecule has 1 atom stereocenters. The number of nitrogens with two attached hydrogens (primary N) is 1. The highest BCUT2D eigenvalue weighted by molar-refractivity contribution is 5.83. The van der Waals surface area contributed by atoms with Crippen LogP contribution < -0.4 is 11.1 Å². The maximum atomic E-state index is 11.5. The Kier molecular flexibility index (Phi) is 4.01. The normalized spacial score (nSPS) is 12.1.